The van der Waals surface area contributed by atoms with E-state index in [2.05, 4.69) is 34.2 Å². The van der Waals surface area contributed by atoms with Crippen molar-refractivity contribution in [3.63, 3.8) is 0 Å². The molecule has 2 rings (SSSR count). The summed E-state index contributed by atoms with van der Waals surface area (Å²) in [4.78, 5) is 1.43. The van der Waals surface area contributed by atoms with E-state index in [9.17, 15) is 0 Å². The van der Waals surface area contributed by atoms with Crippen LogP contribution in [0, 0.1) is 5.41 Å². The molecule has 1 saturated carbocycles. The van der Waals surface area contributed by atoms with Gasteiger partial charge in [0, 0.05) is 4.88 Å². The molecule has 0 spiro atoms. The third kappa shape index (κ3) is 5.53. The van der Waals surface area contributed by atoms with E-state index in [-0.39, 0.29) is 0 Å². The number of hydrogen-bond donors (Lipinski definition) is 1. The molecule has 1 N–H and O–H groups in total. The van der Waals surface area contributed by atoms with Crippen LogP contribution < -0.4 is 5.32 Å². The van der Waals surface area contributed by atoms with E-state index in [1.807, 2.05) is 0 Å². The second-order valence-electron chi connectivity index (χ2n) is 6.40. The Morgan fingerprint density at radius 1 is 1.24 bits per heavy atom. The SMILES string of the molecule is CCCNCCC1(CCc2cc(Cl)c(Br)s2)CCCCC1. The highest BCUT2D eigenvalue weighted by Gasteiger charge is 2.31. The molecule has 120 valence electrons. The first-order chi connectivity index (χ1) is 10.2. The smallest absolute Gasteiger partial charge is 0.0887 e. The van der Waals surface area contributed by atoms with Crippen molar-refractivity contribution in [3.8, 4) is 0 Å². The molecule has 4 heteroatoms. The summed E-state index contributed by atoms with van der Waals surface area (Å²) >= 11 is 11.5. The molecule has 0 bridgehead atoms. The van der Waals surface area contributed by atoms with Crippen molar-refractivity contribution in [3.05, 3.63) is 19.8 Å². The van der Waals surface area contributed by atoms with Gasteiger partial charge in [-0.3, -0.25) is 0 Å². The summed E-state index contributed by atoms with van der Waals surface area (Å²) in [6.07, 6.45) is 12.2. The van der Waals surface area contributed by atoms with Crippen molar-refractivity contribution in [2.75, 3.05) is 13.1 Å². The minimum absolute atomic E-state index is 0.571. The average Bonchev–Trinajstić information content (AvgIpc) is 2.82. The van der Waals surface area contributed by atoms with Crippen LogP contribution in [0.2, 0.25) is 5.02 Å². The number of hydrogen-bond acceptors (Lipinski definition) is 2. The molecule has 0 aromatic carbocycles. The maximum Gasteiger partial charge on any atom is 0.0887 e. The van der Waals surface area contributed by atoms with Crippen LogP contribution in [0.4, 0.5) is 0 Å². The van der Waals surface area contributed by atoms with Crippen molar-refractivity contribution >= 4 is 38.9 Å². The summed E-state index contributed by atoms with van der Waals surface area (Å²) in [6.45, 7) is 4.58. The number of aryl methyl sites for hydroxylation is 1. The maximum atomic E-state index is 6.16. The van der Waals surface area contributed by atoms with Gasteiger partial charge in [-0.2, -0.15) is 0 Å². The molecule has 0 saturated heterocycles. The van der Waals surface area contributed by atoms with Crippen LogP contribution >= 0.6 is 38.9 Å². The maximum absolute atomic E-state index is 6.16. The van der Waals surface area contributed by atoms with Crippen LogP contribution in [0.3, 0.4) is 0 Å². The van der Waals surface area contributed by atoms with Gasteiger partial charge in [0.15, 0.2) is 0 Å². The van der Waals surface area contributed by atoms with Crippen LogP contribution in [-0.4, -0.2) is 13.1 Å². The summed E-state index contributed by atoms with van der Waals surface area (Å²) in [5.41, 5.74) is 0.571. The Morgan fingerprint density at radius 3 is 2.62 bits per heavy atom. The summed E-state index contributed by atoms with van der Waals surface area (Å²) in [7, 11) is 0. The van der Waals surface area contributed by atoms with E-state index in [1.54, 1.807) is 11.3 Å². The molecule has 1 aliphatic carbocycles. The van der Waals surface area contributed by atoms with Gasteiger partial charge in [-0.1, -0.05) is 37.8 Å². The molecular weight excluding hydrogens is 366 g/mol. The van der Waals surface area contributed by atoms with Crippen LogP contribution in [0.25, 0.3) is 0 Å². The fraction of sp³-hybridized carbons (Fsp3) is 0.765. The van der Waals surface area contributed by atoms with Gasteiger partial charge in [-0.25, -0.2) is 0 Å². The number of rotatable bonds is 8. The zero-order valence-corrected chi connectivity index (χ0v) is 16.2. The third-order valence-electron chi connectivity index (χ3n) is 4.77. The van der Waals surface area contributed by atoms with Crippen LogP contribution in [0.5, 0.6) is 0 Å². The third-order valence-corrected chi connectivity index (χ3v) is 7.31. The Morgan fingerprint density at radius 2 is 2.00 bits per heavy atom. The minimum Gasteiger partial charge on any atom is -0.317 e. The van der Waals surface area contributed by atoms with Gasteiger partial charge in [-0.15, -0.1) is 11.3 Å². The van der Waals surface area contributed by atoms with Crippen molar-refractivity contribution in [1.29, 1.82) is 0 Å². The number of nitrogens with one attached hydrogen (secondary N) is 1. The van der Waals surface area contributed by atoms with Crippen molar-refractivity contribution in [2.24, 2.45) is 5.41 Å². The van der Waals surface area contributed by atoms with Crippen molar-refractivity contribution in [1.82, 2.24) is 5.32 Å². The lowest BCUT2D eigenvalue weighted by Gasteiger charge is -2.38. The lowest BCUT2D eigenvalue weighted by molar-refractivity contribution is 0.157. The van der Waals surface area contributed by atoms with E-state index in [1.165, 1.54) is 69.2 Å². The highest BCUT2D eigenvalue weighted by Crippen LogP contribution is 2.44. The summed E-state index contributed by atoms with van der Waals surface area (Å²) in [6, 6.07) is 2.14. The van der Waals surface area contributed by atoms with Gasteiger partial charge in [-0.05, 0) is 79.0 Å². The first-order valence-corrected chi connectivity index (χ1v) is 10.3. The molecule has 0 amide bonds. The van der Waals surface area contributed by atoms with Crippen LogP contribution in [0.1, 0.15) is 63.2 Å². The molecule has 1 heterocycles. The molecule has 1 aliphatic rings. The normalized spacial score (nSPS) is 18.0. The lowest BCUT2D eigenvalue weighted by Crippen LogP contribution is -2.30. The topological polar surface area (TPSA) is 12.0 Å². The highest BCUT2D eigenvalue weighted by molar-refractivity contribution is 9.11. The van der Waals surface area contributed by atoms with Gasteiger partial charge in [0.25, 0.3) is 0 Å². The molecule has 0 radical (unpaired) electrons. The fourth-order valence-electron chi connectivity index (χ4n) is 3.49. The molecule has 1 aromatic heterocycles. The Hall–Kier alpha value is 0.430. The first-order valence-electron chi connectivity index (χ1n) is 8.30. The second-order valence-corrected chi connectivity index (χ2v) is 9.26. The van der Waals surface area contributed by atoms with Gasteiger partial charge >= 0.3 is 0 Å². The monoisotopic (exact) mass is 391 g/mol. The molecule has 1 nitrogen and oxygen atoms in total. The quantitative estimate of drug-likeness (QED) is 0.502. The highest BCUT2D eigenvalue weighted by atomic mass is 79.9. The van der Waals surface area contributed by atoms with Gasteiger partial charge in [0.1, 0.15) is 0 Å². The van der Waals surface area contributed by atoms with Crippen LogP contribution in [-0.2, 0) is 6.42 Å². The predicted molar refractivity (Wildman–Crippen MR) is 98.6 cm³/mol. The van der Waals surface area contributed by atoms with Gasteiger partial charge in [0.2, 0.25) is 0 Å². The van der Waals surface area contributed by atoms with E-state index in [0.29, 0.717) is 5.41 Å². The Kier molecular flexibility index (Phi) is 7.54. The summed E-state index contributed by atoms with van der Waals surface area (Å²) in [5.74, 6) is 0. The van der Waals surface area contributed by atoms with Crippen molar-refractivity contribution in [2.45, 2.75) is 64.7 Å². The predicted octanol–water partition coefficient (Wildman–Crippen LogP) is 6.44. The number of thiophene rings is 1. The molecule has 1 fully saturated rings. The van der Waals surface area contributed by atoms with Gasteiger partial charge < -0.3 is 5.32 Å². The number of halogens is 2. The Labute approximate surface area is 147 Å². The van der Waals surface area contributed by atoms with E-state index in [4.69, 9.17) is 11.6 Å². The zero-order chi connectivity index (χ0) is 15.1. The first kappa shape index (κ1) is 17.8. The molecule has 0 unspecified atom stereocenters. The Balaban J connectivity index is 1.89. The van der Waals surface area contributed by atoms with Gasteiger partial charge in [0.05, 0.1) is 8.81 Å². The fourth-order valence-corrected chi connectivity index (χ4v) is 5.30. The Bertz CT molecular complexity index is 407. The molecular formula is C17H27BrClNS. The molecule has 21 heavy (non-hydrogen) atoms. The molecule has 1 aromatic rings. The standard InChI is InChI=1S/C17H27BrClNS/c1-2-11-20-12-10-17(7-4-3-5-8-17)9-6-14-13-15(19)16(18)21-14/h13,20H,2-12H2,1H3. The van der Waals surface area contributed by atoms with Crippen LogP contribution in [0.15, 0.2) is 9.85 Å². The zero-order valence-electron chi connectivity index (χ0n) is 13.0. The molecule has 0 atom stereocenters. The molecule has 0 aliphatic heterocycles. The minimum atomic E-state index is 0.571. The van der Waals surface area contributed by atoms with E-state index < -0.39 is 0 Å². The van der Waals surface area contributed by atoms with E-state index >= 15 is 0 Å². The van der Waals surface area contributed by atoms with E-state index in [0.717, 1.165) is 15.4 Å². The lowest BCUT2D eigenvalue weighted by atomic mass is 9.69. The largest absolute Gasteiger partial charge is 0.317 e. The average molecular weight is 393 g/mol. The van der Waals surface area contributed by atoms with Crippen molar-refractivity contribution < 1.29 is 0 Å². The summed E-state index contributed by atoms with van der Waals surface area (Å²) < 4.78 is 1.08. The summed E-state index contributed by atoms with van der Waals surface area (Å²) in [5, 5.41) is 4.47. The second kappa shape index (κ2) is 8.90.